The monoisotopic (exact) mass is 1220 g/mol. The highest BCUT2D eigenvalue weighted by molar-refractivity contribution is 6.13. The van der Waals surface area contributed by atoms with Gasteiger partial charge >= 0.3 is 0 Å². The number of fused-ring (bicyclic) bond motifs is 12. The van der Waals surface area contributed by atoms with Crippen molar-refractivity contribution in [1.29, 1.82) is 0 Å². The molecule has 94 heavy (non-hydrogen) atoms. The van der Waals surface area contributed by atoms with Crippen molar-refractivity contribution in [3.8, 4) is 72.7 Å². The summed E-state index contributed by atoms with van der Waals surface area (Å²) in [7, 11) is 0. The van der Waals surface area contributed by atoms with E-state index in [1.54, 1.807) is 0 Å². The lowest BCUT2D eigenvalue weighted by Gasteiger charge is -2.28. The predicted octanol–water partition coefficient (Wildman–Crippen LogP) is 23.2. The van der Waals surface area contributed by atoms with Crippen LogP contribution >= 0.6 is 0 Å². The quantitative estimate of drug-likeness (QED) is 0.132. The Kier molecular flexibility index (Phi) is 12.6. The molecule has 0 fully saturated rings. The molecule has 0 amide bonds. The van der Waals surface area contributed by atoms with Crippen molar-refractivity contribution in [3.05, 3.63) is 331 Å². The molecule has 3 aromatic heterocycles. The standard InChI is InChI=1S/C86H56F4N4/c1-51-71(55-21-41-85-77(45-55)69-13-5-9-17-81(69)93(85)65-35-27-61(89)28-36-65)47-57(53-19-39-83-75(43-53)67-11-3-7-15-79(67)91(83)63-31-23-59(87)24-32-63)49-73(51)74-50-58(54-20-40-84-76(44-54)68-12-4-8-16-80(68)92(84)64-33-25-60(88)26-34-64)48-72(52(74)2)56-22-42-86-78(46-56)70-14-6-10-18-82(70)94(86)66-37-29-62(90)30-38-66/h3-50,67,79H,1-2H3. The molecule has 0 bridgehead atoms. The van der Waals surface area contributed by atoms with E-state index in [1.807, 2.05) is 48.5 Å². The Labute approximate surface area is 539 Å². The summed E-state index contributed by atoms with van der Waals surface area (Å²) in [5.74, 6) is -1.07. The Morgan fingerprint density at radius 1 is 0.277 bits per heavy atom. The molecule has 0 saturated heterocycles. The van der Waals surface area contributed by atoms with E-state index in [9.17, 15) is 17.6 Å². The first-order valence-corrected chi connectivity index (χ1v) is 31.8. The molecule has 1 aliphatic carbocycles. The summed E-state index contributed by atoms with van der Waals surface area (Å²) in [6.45, 7) is 4.51. The Balaban J connectivity index is 0.888. The topological polar surface area (TPSA) is 18.0 Å². The molecule has 2 atom stereocenters. The van der Waals surface area contributed by atoms with Gasteiger partial charge in [0.1, 0.15) is 23.3 Å². The third-order valence-corrected chi connectivity index (χ3v) is 19.8. The summed E-state index contributed by atoms with van der Waals surface area (Å²) in [6.07, 6.45) is 8.77. The second-order valence-corrected chi connectivity index (χ2v) is 25.0. The minimum absolute atomic E-state index is 0.00907. The van der Waals surface area contributed by atoms with Crippen molar-refractivity contribution in [2.45, 2.75) is 25.8 Å². The first-order valence-electron chi connectivity index (χ1n) is 31.8. The molecule has 8 heteroatoms. The average molecular weight is 1220 g/mol. The van der Waals surface area contributed by atoms with Gasteiger partial charge in [0.05, 0.1) is 39.1 Å². The van der Waals surface area contributed by atoms with Crippen LogP contribution in [0, 0.1) is 37.1 Å². The van der Waals surface area contributed by atoms with Crippen LogP contribution in [-0.4, -0.2) is 19.7 Å². The van der Waals surface area contributed by atoms with Crippen molar-refractivity contribution in [2.24, 2.45) is 0 Å². The van der Waals surface area contributed by atoms with E-state index in [1.165, 1.54) is 54.1 Å². The van der Waals surface area contributed by atoms with Gasteiger partial charge in [0.15, 0.2) is 0 Å². The number of aromatic nitrogens is 3. The smallest absolute Gasteiger partial charge is 0.123 e. The molecular formula is C86H56F4N4. The fourth-order valence-corrected chi connectivity index (χ4v) is 15.4. The van der Waals surface area contributed by atoms with Crippen LogP contribution in [0.15, 0.2) is 291 Å². The highest BCUT2D eigenvalue weighted by Gasteiger charge is 2.38. The summed E-state index contributed by atoms with van der Waals surface area (Å²) < 4.78 is 64.7. The summed E-state index contributed by atoms with van der Waals surface area (Å²) in [4.78, 5) is 2.33. The van der Waals surface area contributed by atoms with Gasteiger partial charge < -0.3 is 18.6 Å². The molecule has 1 aliphatic heterocycles. The van der Waals surface area contributed by atoms with Crippen molar-refractivity contribution in [2.75, 3.05) is 4.90 Å². The van der Waals surface area contributed by atoms with Gasteiger partial charge in [0, 0.05) is 66.7 Å². The largest absolute Gasteiger partial charge is 0.333 e. The zero-order valence-electron chi connectivity index (χ0n) is 51.2. The van der Waals surface area contributed by atoms with Crippen LogP contribution < -0.4 is 4.90 Å². The van der Waals surface area contributed by atoms with Crippen LogP contribution in [-0.2, 0) is 0 Å². The van der Waals surface area contributed by atoms with E-state index in [2.05, 4.69) is 227 Å². The number of anilines is 2. The average Bonchev–Trinajstić information content (AvgIpc) is 1.51. The first-order chi connectivity index (χ1) is 46.1. The molecule has 2 unspecified atom stereocenters. The van der Waals surface area contributed by atoms with E-state index in [-0.39, 0.29) is 35.2 Å². The molecule has 18 rings (SSSR count). The Morgan fingerprint density at radius 2 is 0.617 bits per heavy atom. The molecule has 0 spiro atoms. The summed E-state index contributed by atoms with van der Waals surface area (Å²) in [6, 6.07) is 88.8. The lowest BCUT2D eigenvalue weighted by atomic mass is 9.83. The molecule has 4 nitrogen and oxygen atoms in total. The molecule has 13 aromatic carbocycles. The summed E-state index contributed by atoms with van der Waals surface area (Å²) in [5, 5.41) is 6.51. The number of rotatable bonds is 9. The highest BCUT2D eigenvalue weighted by atomic mass is 19.1. The van der Waals surface area contributed by atoms with E-state index in [4.69, 9.17) is 0 Å². The zero-order chi connectivity index (χ0) is 63.0. The van der Waals surface area contributed by atoms with Gasteiger partial charge in [-0.3, -0.25) is 0 Å². The van der Waals surface area contributed by atoms with Crippen molar-refractivity contribution in [1.82, 2.24) is 13.7 Å². The Hall–Kier alpha value is -11.7. The molecule has 0 saturated carbocycles. The number of allylic oxidation sites excluding steroid dienone is 2. The lowest BCUT2D eigenvalue weighted by Crippen LogP contribution is -2.28. The maximum atomic E-state index is 14.5. The van der Waals surface area contributed by atoms with Crippen LogP contribution in [0.1, 0.15) is 22.6 Å². The van der Waals surface area contributed by atoms with Crippen LogP contribution in [0.4, 0.5) is 28.9 Å². The normalized spacial score (nSPS) is 14.4. The minimum atomic E-state index is -0.286. The highest BCUT2D eigenvalue weighted by Crippen LogP contribution is 2.51. The maximum Gasteiger partial charge on any atom is 0.123 e. The Bertz CT molecular complexity index is 5870. The lowest BCUT2D eigenvalue weighted by molar-refractivity contribution is 0.627. The van der Waals surface area contributed by atoms with Gasteiger partial charge in [-0.15, -0.1) is 0 Å². The molecular weight excluding hydrogens is 1160 g/mol. The van der Waals surface area contributed by atoms with Crippen molar-refractivity contribution < 1.29 is 17.6 Å². The molecule has 16 aromatic rings. The number of halogens is 4. The van der Waals surface area contributed by atoms with Crippen LogP contribution in [0.2, 0.25) is 0 Å². The molecule has 0 radical (unpaired) electrons. The van der Waals surface area contributed by atoms with Gasteiger partial charge in [0.2, 0.25) is 0 Å². The third-order valence-electron chi connectivity index (χ3n) is 19.8. The number of hydrogen-bond acceptors (Lipinski definition) is 1. The van der Waals surface area contributed by atoms with Crippen molar-refractivity contribution in [3.63, 3.8) is 0 Å². The van der Waals surface area contributed by atoms with Gasteiger partial charge in [-0.2, -0.15) is 0 Å². The molecule has 0 N–H and O–H groups in total. The second-order valence-electron chi connectivity index (χ2n) is 25.0. The van der Waals surface area contributed by atoms with E-state index in [0.29, 0.717) is 0 Å². The van der Waals surface area contributed by atoms with Crippen LogP contribution in [0.5, 0.6) is 0 Å². The van der Waals surface area contributed by atoms with Crippen molar-refractivity contribution >= 4 is 76.8 Å². The number of nitrogens with zero attached hydrogens (tertiary/aromatic N) is 4. The van der Waals surface area contributed by atoms with Gasteiger partial charge in [-0.05, 0) is 274 Å². The molecule has 2 aliphatic rings. The van der Waals surface area contributed by atoms with Crippen LogP contribution in [0.25, 0.3) is 138 Å². The van der Waals surface area contributed by atoms with E-state index >= 15 is 0 Å². The second kappa shape index (κ2) is 21.4. The first kappa shape index (κ1) is 55.1. The van der Waals surface area contributed by atoms with Gasteiger partial charge in [-0.25, -0.2) is 17.6 Å². The number of benzene rings is 13. The fourth-order valence-electron chi connectivity index (χ4n) is 15.4. The van der Waals surface area contributed by atoms with E-state index < -0.39 is 0 Å². The fraction of sp³-hybridized carbons (Fsp3) is 0.0465. The molecule has 448 valence electrons. The Morgan fingerprint density at radius 3 is 1.05 bits per heavy atom. The van der Waals surface area contributed by atoms with Crippen LogP contribution in [0.3, 0.4) is 0 Å². The molecule has 4 heterocycles. The SMILES string of the molecule is Cc1c(-c2ccc3c(c2)c2ccccc2n3-c2ccc(F)cc2)cc(-c2ccc3c(c2)C2C=CC=CC2N3c2ccc(F)cc2)cc1-c1cc(-c2ccc3c(c2)c2ccccc2n3-c2ccc(F)cc2)cc(-c2ccc3c(c2)c2ccccc2n3-c2ccc(F)cc2)c1C. The minimum Gasteiger partial charge on any atom is -0.333 e. The number of para-hydroxylation sites is 3. The maximum absolute atomic E-state index is 14.5. The third kappa shape index (κ3) is 8.73. The zero-order valence-corrected chi connectivity index (χ0v) is 51.2. The number of hydrogen-bond donors (Lipinski definition) is 0. The van der Waals surface area contributed by atoms with E-state index in [0.717, 1.165) is 161 Å². The predicted molar refractivity (Wildman–Crippen MR) is 379 cm³/mol. The summed E-state index contributed by atoms with van der Waals surface area (Å²) in [5.41, 5.74) is 24.8. The van der Waals surface area contributed by atoms with Gasteiger partial charge in [0.25, 0.3) is 0 Å². The summed E-state index contributed by atoms with van der Waals surface area (Å²) >= 11 is 0. The van der Waals surface area contributed by atoms with Gasteiger partial charge in [-0.1, -0.05) is 103 Å².